The minimum Gasteiger partial charge on any atom is -0.276 e. The summed E-state index contributed by atoms with van der Waals surface area (Å²) < 4.78 is 0. The van der Waals surface area contributed by atoms with Gasteiger partial charge >= 0.3 is 0 Å². The van der Waals surface area contributed by atoms with E-state index in [4.69, 9.17) is 0 Å². The molecule has 1 aliphatic heterocycles. The van der Waals surface area contributed by atoms with E-state index in [1.165, 1.54) is 22.3 Å². The van der Waals surface area contributed by atoms with Gasteiger partial charge in [0.05, 0.1) is 5.69 Å². The second-order valence-corrected chi connectivity index (χ2v) is 6.92. The van der Waals surface area contributed by atoms with Crippen molar-refractivity contribution in [1.82, 2.24) is 0 Å². The molecule has 1 aliphatic carbocycles. The summed E-state index contributed by atoms with van der Waals surface area (Å²) in [5.41, 5.74) is 8.65. The fourth-order valence-electron chi connectivity index (χ4n) is 3.49. The molecule has 2 heteroatoms. The average molecular weight is 327 g/mol. The zero-order valence-electron chi connectivity index (χ0n) is 14.8. The zero-order chi connectivity index (χ0) is 17.6. The van der Waals surface area contributed by atoms with Gasteiger partial charge < -0.3 is 0 Å². The molecule has 25 heavy (non-hydrogen) atoms. The lowest BCUT2D eigenvalue weighted by molar-refractivity contribution is -0.112. The van der Waals surface area contributed by atoms with Crippen LogP contribution in [0.15, 0.2) is 71.8 Å². The first-order valence-corrected chi connectivity index (χ1v) is 8.64. The summed E-state index contributed by atoms with van der Waals surface area (Å²) in [6.45, 7) is 6.32. The van der Waals surface area contributed by atoms with Crippen LogP contribution in [-0.4, -0.2) is 5.91 Å². The standard InChI is InChI=1S/C23H21NO/c1-15-9-10-18(11-15)14-21-20-12-16(2)17(3)13-22(20)24(23(21)25)19-7-5-4-6-8-19/h4-10,12-14H,11H2,1-3H3/b21-14-. The number of rotatable bonds is 2. The van der Waals surface area contributed by atoms with E-state index in [0.29, 0.717) is 0 Å². The van der Waals surface area contributed by atoms with Gasteiger partial charge in [-0.2, -0.15) is 0 Å². The normalized spacial score (nSPS) is 17.8. The number of fused-ring (bicyclic) bond motifs is 1. The number of hydrogen-bond acceptors (Lipinski definition) is 1. The number of para-hydroxylation sites is 1. The van der Waals surface area contributed by atoms with Gasteiger partial charge in [0, 0.05) is 16.8 Å². The largest absolute Gasteiger partial charge is 0.276 e. The molecular formula is C23H21NO. The zero-order valence-corrected chi connectivity index (χ0v) is 14.8. The maximum absolute atomic E-state index is 13.3. The van der Waals surface area contributed by atoms with E-state index in [2.05, 4.69) is 51.1 Å². The lowest BCUT2D eigenvalue weighted by Gasteiger charge is -2.18. The smallest absolute Gasteiger partial charge is 0.263 e. The van der Waals surface area contributed by atoms with Gasteiger partial charge in [-0.25, -0.2) is 0 Å². The van der Waals surface area contributed by atoms with E-state index in [-0.39, 0.29) is 5.91 Å². The Morgan fingerprint density at radius 1 is 0.960 bits per heavy atom. The quantitative estimate of drug-likeness (QED) is 0.653. The van der Waals surface area contributed by atoms with Gasteiger partial charge in [-0.05, 0) is 74.2 Å². The summed E-state index contributed by atoms with van der Waals surface area (Å²) in [6, 6.07) is 14.2. The topological polar surface area (TPSA) is 20.3 Å². The second-order valence-electron chi connectivity index (χ2n) is 6.92. The molecular weight excluding hydrogens is 306 g/mol. The van der Waals surface area contributed by atoms with E-state index in [1.54, 1.807) is 0 Å². The summed E-state index contributed by atoms with van der Waals surface area (Å²) >= 11 is 0. The van der Waals surface area contributed by atoms with Crippen LogP contribution in [0, 0.1) is 13.8 Å². The molecule has 2 aromatic carbocycles. The highest BCUT2D eigenvalue weighted by Gasteiger charge is 2.34. The van der Waals surface area contributed by atoms with Crippen molar-refractivity contribution < 1.29 is 4.79 Å². The molecule has 4 rings (SSSR count). The summed E-state index contributed by atoms with van der Waals surface area (Å²) in [5, 5.41) is 0. The Labute approximate surface area is 148 Å². The maximum atomic E-state index is 13.3. The van der Waals surface area contributed by atoms with E-state index in [0.717, 1.165) is 28.9 Å². The molecule has 124 valence electrons. The number of anilines is 2. The van der Waals surface area contributed by atoms with Gasteiger partial charge in [-0.3, -0.25) is 9.69 Å². The van der Waals surface area contributed by atoms with E-state index < -0.39 is 0 Å². The Kier molecular flexibility index (Phi) is 3.69. The highest BCUT2D eigenvalue weighted by atomic mass is 16.2. The van der Waals surface area contributed by atoms with Crippen molar-refractivity contribution in [2.75, 3.05) is 4.90 Å². The van der Waals surface area contributed by atoms with Crippen LogP contribution in [0.1, 0.15) is 30.0 Å². The Morgan fingerprint density at radius 3 is 2.36 bits per heavy atom. The fraction of sp³-hybridized carbons (Fsp3) is 0.174. The van der Waals surface area contributed by atoms with Crippen LogP contribution in [-0.2, 0) is 4.79 Å². The third-order valence-corrected chi connectivity index (χ3v) is 4.99. The Bertz CT molecular complexity index is 961. The molecule has 2 aromatic rings. The number of carbonyl (C=O) groups excluding carboxylic acids is 1. The van der Waals surface area contributed by atoms with Gasteiger partial charge in [0.25, 0.3) is 5.91 Å². The van der Waals surface area contributed by atoms with Gasteiger partial charge in [0.15, 0.2) is 0 Å². The minimum atomic E-state index is 0.0525. The highest BCUT2D eigenvalue weighted by molar-refractivity contribution is 6.35. The average Bonchev–Trinajstić information content (AvgIpc) is 3.12. The summed E-state index contributed by atoms with van der Waals surface area (Å²) in [5.74, 6) is 0.0525. The van der Waals surface area contributed by atoms with Gasteiger partial charge in [0.2, 0.25) is 0 Å². The summed E-state index contributed by atoms with van der Waals surface area (Å²) in [4.78, 5) is 15.1. The summed E-state index contributed by atoms with van der Waals surface area (Å²) in [7, 11) is 0. The molecule has 0 fully saturated rings. The van der Waals surface area contributed by atoms with E-state index in [1.807, 2.05) is 35.2 Å². The van der Waals surface area contributed by atoms with Gasteiger partial charge in [0.1, 0.15) is 0 Å². The second kappa shape index (κ2) is 5.89. The molecule has 0 unspecified atom stereocenters. The molecule has 2 aliphatic rings. The number of carbonyl (C=O) groups is 1. The van der Waals surface area contributed by atoms with Crippen molar-refractivity contribution in [2.24, 2.45) is 0 Å². The maximum Gasteiger partial charge on any atom is 0.263 e. The Hall–Kier alpha value is -2.87. The Balaban J connectivity index is 1.87. The molecule has 1 amide bonds. The van der Waals surface area contributed by atoms with Crippen molar-refractivity contribution >= 4 is 22.9 Å². The van der Waals surface area contributed by atoms with Crippen molar-refractivity contribution in [3.8, 4) is 0 Å². The highest BCUT2D eigenvalue weighted by Crippen LogP contribution is 2.43. The lowest BCUT2D eigenvalue weighted by Crippen LogP contribution is -2.20. The first-order chi connectivity index (χ1) is 12.0. The molecule has 0 radical (unpaired) electrons. The van der Waals surface area contributed by atoms with Crippen LogP contribution in [0.3, 0.4) is 0 Å². The molecule has 0 atom stereocenters. The first-order valence-electron chi connectivity index (χ1n) is 8.64. The number of amides is 1. The molecule has 0 aromatic heterocycles. The van der Waals surface area contributed by atoms with E-state index in [9.17, 15) is 4.79 Å². The molecule has 0 saturated carbocycles. The van der Waals surface area contributed by atoms with Crippen molar-refractivity contribution in [3.63, 3.8) is 0 Å². The lowest BCUT2D eigenvalue weighted by atomic mass is 9.99. The number of hydrogen-bond donors (Lipinski definition) is 0. The molecule has 2 nitrogen and oxygen atoms in total. The number of aryl methyl sites for hydroxylation is 2. The predicted molar refractivity (Wildman–Crippen MR) is 104 cm³/mol. The third kappa shape index (κ3) is 2.64. The van der Waals surface area contributed by atoms with Gasteiger partial charge in [-0.15, -0.1) is 0 Å². The van der Waals surface area contributed by atoms with Crippen LogP contribution < -0.4 is 4.90 Å². The molecule has 0 spiro atoms. The number of benzene rings is 2. The fourth-order valence-corrected chi connectivity index (χ4v) is 3.49. The van der Waals surface area contributed by atoms with Crippen molar-refractivity contribution in [2.45, 2.75) is 27.2 Å². The molecule has 0 N–H and O–H groups in total. The first kappa shape index (κ1) is 15.6. The Morgan fingerprint density at radius 2 is 1.68 bits per heavy atom. The molecule has 1 heterocycles. The minimum absolute atomic E-state index is 0.0525. The molecule has 0 bridgehead atoms. The van der Waals surface area contributed by atoms with Crippen LogP contribution in [0.4, 0.5) is 11.4 Å². The number of nitrogens with zero attached hydrogens (tertiary/aromatic N) is 1. The van der Waals surface area contributed by atoms with E-state index >= 15 is 0 Å². The third-order valence-electron chi connectivity index (χ3n) is 4.99. The van der Waals surface area contributed by atoms with Crippen LogP contribution in [0.25, 0.3) is 5.57 Å². The van der Waals surface area contributed by atoms with Crippen LogP contribution in [0.2, 0.25) is 0 Å². The molecule has 0 saturated heterocycles. The van der Waals surface area contributed by atoms with Crippen molar-refractivity contribution in [1.29, 1.82) is 0 Å². The summed E-state index contributed by atoms with van der Waals surface area (Å²) in [6.07, 6.45) is 7.22. The van der Waals surface area contributed by atoms with Gasteiger partial charge in [-0.1, -0.05) is 35.9 Å². The van der Waals surface area contributed by atoms with Crippen LogP contribution >= 0.6 is 0 Å². The predicted octanol–water partition coefficient (Wildman–Crippen LogP) is 5.64. The SMILES string of the molecule is CC1=CC=C(/C=C2\C(=O)N(c3ccccc3)c3cc(C)c(C)cc32)C1. The number of allylic oxidation sites excluding steroid dienone is 5. The monoisotopic (exact) mass is 327 g/mol. The van der Waals surface area contributed by atoms with Crippen LogP contribution in [0.5, 0.6) is 0 Å². The van der Waals surface area contributed by atoms with Crippen molar-refractivity contribution in [3.05, 3.63) is 88.5 Å².